The van der Waals surface area contributed by atoms with Gasteiger partial charge < -0.3 is 20.7 Å². The summed E-state index contributed by atoms with van der Waals surface area (Å²) in [6.45, 7) is 3.24. The molecule has 0 aliphatic rings. The predicted molar refractivity (Wildman–Crippen MR) is 66.6 cm³/mol. The van der Waals surface area contributed by atoms with Crippen LogP contribution in [0.5, 0.6) is 0 Å². The highest BCUT2D eigenvalue weighted by molar-refractivity contribution is 6.25. The Balaban J connectivity index is 0. The number of amides is 1. The first-order valence-electron chi connectivity index (χ1n) is 4.97. The fourth-order valence-electron chi connectivity index (χ4n) is 1.02. The number of nitrogens with one attached hydrogen (secondary N) is 2. The third-order valence-corrected chi connectivity index (χ3v) is 1.73. The Morgan fingerprint density at radius 2 is 2.06 bits per heavy atom. The van der Waals surface area contributed by atoms with Crippen LogP contribution in [0.4, 0.5) is 0 Å². The van der Waals surface area contributed by atoms with E-state index in [1.807, 2.05) is 14.1 Å². The molecule has 0 atom stereocenters. The van der Waals surface area contributed by atoms with Gasteiger partial charge in [-0.2, -0.15) is 0 Å². The standard InChI is InChI=1S/C9H20N4O2.ClH/c1-13(2)7-3-4-10-5-6-11-9(14)8-12-15;/h8,10,15H,3-7H2,1-2H3,(H,11,14);1H/b12-8-;. The number of hydrogen-bond acceptors (Lipinski definition) is 5. The van der Waals surface area contributed by atoms with Gasteiger partial charge in [-0.25, -0.2) is 0 Å². The van der Waals surface area contributed by atoms with Crippen LogP contribution in [-0.2, 0) is 4.79 Å². The normalized spacial score (nSPS) is 10.4. The molecule has 0 saturated heterocycles. The molecular formula is C9H21ClN4O2. The molecule has 0 heterocycles. The minimum Gasteiger partial charge on any atom is -0.411 e. The highest BCUT2D eigenvalue weighted by atomic mass is 35.5. The van der Waals surface area contributed by atoms with Gasteiger partial charge in [0.2, 0.25) is 0 Å². The fourth-order valence-corrected chi connectivity index (χ4v) is 1.02. The molecule has 0 aliphatic heterocycles. The van der Waals surface area contributed by atoms with Crippen LogP contribution in [0, 0.1) is 0 Å². The lowest BCUT2D eigenvalue weighted by Crippen LogP contribution is -2.33. The minimum atomic E-state index is -0.382. The molecule has 0 rings (SSSR count). The molecule has 0 aliphatic carbocycles. The van der Waals surface area contributed by atoms with E-state index in [4.69, 9.17) is 5.21 Å². The molecule has 6 nitrogen and oxygen atoms in total. The zero-order valence-electron chi connectivity index (χ0n) is 9.77. The van der Waals surface area contributed by atoms with E-state index >= 15 is 0 Å². The van der Waals surface area contributed by atoms with E-state index in [1.54, 1.807) is 0 Å². The second-order valence-corrected chi connectivity index (χ2v) is 3.44. The number of oxime groups is 1. The summed E-state index contributed by atoms with van der Waals surface area (Å²) in [5.74, 6) is -0.382. The third kappa shape index (κ3) is 13.2. The Morgan fingerprint density at radius 3 is 2.62 bits per heavy atom. The van der Waals surface area contributed by atoms with Crippen LogP contribution in [0.2, 0.25) is 0 Å². The summed E-state index contributed by atoms with van der Waals surface area (Å²) in [4.78, 5) is 12.9. The molecular weight excluding hydrogens is 232 g/mol. The Labute approximate surface area is 102 Å². The van der Waals surface area contributed by atoms with Gasteiger partial charge in [0.15, 0.2) is 0 Å². The predicted octanol–water partition coefficient (Wildman–Crippen LogP) is -0.474. The molecule has 16 heavy (non-hydrogen) atoms. The molecule has 0 spiro atoms. The van der Waals surface area contributed by atoms with Crippen molar-refractivity contribution in [3.63, 3.8) is 0 Å². The van der Waals surface area contributed by atoms with Crippen LogP contribution in [0.1, 0.15) is 6.42 Å². The molecule has 7 heteroatoms. The lowest BCUT2D eigenvalue weighted by Gasteiger charge is -2.09. The average Bonchev–Trinajstić information content (AvgIpc) is 2.16. The van der Waals surface area contributed by atoms with Gasteiger partial charge in [0, 0.05) is 13.1 Å². The van der Waals surface area contributed by atoms with Gasteiger partial charge >= 0.3 is 0 Å². The molecule has 0 bridgehead atoms. The minimum absolute atomic E-state index is 0. The maximum absolute atomic E-state index is 10.8. The van der Waals surface area contributed by atoms with E-state index < -0.39 is 0 Å². The number of carbonyl (C=O) groups is 1. The van der Waals surface area contributed by atoms with Crippen LogP contribution in [0.25, 0.3) is 0 Å². The summed E-state index contributed by atoms with van der Waals surface area (Å²) in [6.07, 6.45) is 1.92. The van der Waals surface area contributed by atoms with Crippen molar-refractivity contribution in [2.45, 2.75) is 6.42 Å². The zero-order chi connectivity index (χ0) is 11.5. The van der Waals surface area contributed by atoms with Crippen LogP contribution in [0.15, 0.2) is 5.16 Å². The van der Waals surface area contributed by atoms with Gasteiger partial charge in [-0.3, -0.25) is 4.79 Å². The van der Waals surface area contributed by atoms with Crippen molar-refractivity contribution < 1.29 is 10.0 Å². The molecule has 0 aromatic rings. The molecule has 1 amide bonds. The van der Waals surface area contributed by atoms with Crippen molar-refractivity contribution in [2.24, 2.45) is 5.16 Å². The van der Waals surface area contributed by atoms with Crippen LogP contribution >= 0.6 is 12.4 Å². The topological polar surface area (TPSA) is 77.0 Å². The fraction of sp³-hybridized carbons (Fsp3) is 0.778. The highest BCUT2D eigenvalue weighted by Gasteiger charge is 1.94. The quantitative estimate of drug-likeness (QED) is 0.236. The smallest absolute Gasteiger partial charge is 0.265 e. The van der Waals surface area contributed by atoms with E-state index in [2.05, 4.69) is 20.7 Å². The molecule has 0 saturated carbocycles. The Kier molecular flexibility index (Phi) is 13.4. The van der Waals surface area contributed by atoms with E-state index in [0.29, 0.717) is 6.54 Å². The molecule has 0 aromatic carbocycles. The SMILES string of the molecule is CN(C)CCCNCCNC(=O)/C=N\O.Cl. The van der Waals surface area contributed by atoms with Crippen LogP contribution in [-0.4, -0.2) is 62.5 Å². The zero-order valence-corrected chi connectivity index (χ0v) is 10.6. The van der Waals surface area contributed by atoms with E-state index in [1.165, 1.54) is 0 Å². The van der Waals surface area contributed by atoms with Gasteiger partial charge in [0.1, 0.15) is 6.21 Å². The van der Waals surface area contributed by atoms with Crippen LogP contribution < -0.4 is 10.6 Å². The van der Waals surface area contributed by atoms with Crippen molar-refractivity contribution in [3.05, 3.63) is 0 Å². The first-order valence-corrected chi connectivity index (χ1v) is 4.97. The van der Waals surface area contributed by atoms with Crippen molar-refractivity contribution in [1.29, 1.82) is 0 Å². The number of rotatable bonds is 8. The first-order chi connectivity index (χ1) is 7.16. The van der Waals surface area contributed by atoms with E-state index in [-0.39, 0.29) is 18.3 Å². The Bertz CT molecular complexity index is 200. The van der Waals surface area contributed by atoms with Gasteiger partial charge in [0.05, 0.1) is 0 Å². The molecule has 0 unspecified atom stereocenters. The van der Waals surface area contributed by atoms with Crippen molar-refractivity contribution in [3.8, 4) is 0 Å². The van der Waals surface area contributed by atoms with Gasteiger partial charge in [0.25, 0.3) is 5.91 Å². The summed E-state index contributed by atoms with van der Waals surface area (Å²) in [7, 11) is 4.07. The van der Waals surface area contributed by atoms with Gasteiger partial charge in [-0.05, 0) is 33.6 Å². The maximum Gasteiger partial charge on any atom is 0.265 e. The first kappa shape index (κ1) is 17.5. The van der Waals surface area contributed by atoms with Gasteiger partial charge in [-0.1, -0.05) is 5.16 Å². The lowest BCUT2D eigenvalue weighted by atomic mass is 10.4. The largest absolute Gasteiger partial charge is 0.411 e. The second-order valence-electron chi connectivity index (χ2n) is 3.44. The van der Waals surface area contributed by atoms with E-state index in [0.717, 1.165) is 32.3 Å². The van der Waals surface area contributed by atoms with Crippen molar-refractivity contribution in [1.82, 2.24) is 15.5 Å². The number of nitrogens with zero attached hydrogens (tertiary/aromatic N) is 2. The van der Waals surface area contributed by atoms with E-state index in [9.17, 15) is 4.79 Å². The van der Waals surface area contributed by atoms with Crippen molar-refractivity contribution >= 4 is 24.5 Å². The summed E-state index contributed by atoms with van der Waals surface area (Å²) < 4.78 is 0. The highest BCUT2D eigenvalue weighted by Crippen LogP contribution is 1.79. The molecule has 0 aromatic heterocycles. The van der Waals surface area contributed by atoms with Crippen molar-refractivity contribution in [2.75, 3.05) is 40.3 Å². The Morgan fingerprint density at radius 1 is 1.38 bits per heavy atom. The summed E-state index contributed by atoms with van der Waals surface area (Å²) in [6, 6.07) is 0. The Hall–Kier alpha value is -0.850. The lowest BCUT2D eigenvalue weighted by molar-refractivity contribution is -0.114. The summed E-state index contributed by atoms with van der Waals surface area (Å²) in [5, 5.41) is 16.4. The summed E-state index contributed by atoms with van der Waals surface area (Å²) >= 11 is 0. The maximum atomic E-state index is 10.8. The summed E-state index contributed by atoms with van der Waals surface area (Å²) in [5.41, 5.74) is 0. The number of hydrogen-bond donors (Lipinski definition) is 3. The monoisotopic (exact) mass is 252 g/mol. The van der Waals surface area contributed by atoms with Crippen LogP contribution in [0.3, 0.4) is 0 Å². The third-order valence-electron chi connectivity index (χ3n) is 1.73. The molecule has 3 N–H and O–H groups in total. The number of halogens is 1. The number of carbonyl (C=O) groups excluding carboxylic acids is 1. The molecule has 0 radical (unpaired) electrons. The van der Waals surface area contributed by atoms with Gasteiger partial charge in [-0.15, -0.1) is 12.4 Å². The average molecular weight is 253 g/mol. The molecule has 96 valence electrons. The molecule has 0 fully saturated rings. The second kappa shape index (κ2) is 12.2.